The Bertz CT molecular complexity index is 763. The summed E-state index contributed by atoms with van der Waals surface area (Å²) >= 11 is 0. The van der Waals surface area contributed by atoms with E-state index in [0.717, 1.165) is 16.5 Å². The van der Waals surface area contributed by atoms with Crippen molar-refractivity contribution in [1.29, 1.82) is 0 Å². The standard InChI is InChI=1S/C16H18N2O4S/c1-13-4-6-14(7-5-13)8-10-23(20,21)18-12-16(19)17-11-15-3-2-9-22-15/h2-10,18H,11-12H2,1H3,(H,17,19)/b10-8+. The molecule has 0 aliphatic heterocycles. The summed E-state index contributed by atoms with van der Waals surface area (Å²) in [6.07, 6.45) is 2.97. The van der Waals surface area contributed by atoms with Gasteiger partial charge in [-0.15, -0.1) is 0 Å². The molecular formula is C16H18N2O4S. The van der Waals surface area contributed by atoms with Crippen LogP contribution in [0.3, 0.4) is 0 Å². The number of aryl methyl sites for hydroxylation is 1. The minimum absolute atomic E-state index is 0.215. The minimum Gasteiger partial charge on any atom is -0.467 e. The molecule has 1 heterocycles. The number of sulfonamides is 1. The van der Waals surface area contributed by atoms with Gasteiger partial charge in [0, 0.05) is 5.41 Å². The third-order valence-electron chi connectivity index (χ3n) is 2.99. The Morgan fingerprint density at radius 2 is 1.96 bits per heavy atom. The molecule has 1 aromatic carbocycles. The molecule has 0 fully saturated rings. The summed E-state index contributed by atoms with van der Waals surface area (Å²) in [6.45, 7) is 1.83. The van der Waals surface area contributed by atoms with Gasteiger partial charge in [0.25, 0.3) is 0 Å². The van der Waals surface area contributed by atoms with E-state index in [-0.39, 0.29) is 13.1 Å². The van der Waals surface area contributed by atoms with Gasteiger partial charge in [-0.25, -0.2) is 13.1 Å². The topological polar surface area (TPSA) is 88.4 Å². The molecule has 0 aliphatic rings. The molecule has 0 unspecified atom stereocenters. The summed E-state index contributed by atoms with van der Waals surface area (Å²) in [4.78, 5) is 11.6. The maximum Gasteiger partial charge on any atom is 0.235 e. The van der Waals surface area contributed by atoms with Crippen molar-refractivity contribution in [2.75, 3.05) is 6.54 Å². The molecule has 0 saturated heterocycles. The fraction of sp³-hybridized carbons (Fsp3) is 0.188. The zero-order valence-electron chi connectivity index (χ0n) is 12.7. The largest absolute Gasteiger partial charge is 0.467 e. The number of nitrogens with one attached hydrogen (secondary N) is 2. The highest BCUT2D eigenvalue weighted by molar-refractivity contribution is 7.92. The molecule has 23 heavy (non-hydrogen) atoms. The summed E-state index contributed by atoms with van der Waals surface area (Å²) in [7, 11) is -3.67. The summed E-state index contributed by atoms with van der Waals surface area (Å²) in [6, 6.07) is 10.8. The molecule has 0 aliphatic carbocycles. The molecule has 6 nitrogen and oxygen atoms in total. The SMILES string of the molecule is Cc1ccc(/C=C/S(=O)(=O)NCC(=O)NCc2ccco2)cc1. The molecule has 2 rings (SSSR count). The van der Waals surface area contributed by atoms with Crippen molar-refractivity contribution in [1.82, 2.24) is 10.0 Å². The van der Waals surface area contributed by atoms with Gasteiger partial charge < -0.3 is 9.73 Å². The lowest BCUT2D eigenvalue weighted by atomic mass is 10.2. The molecule has 1 aromatic heterocycles. The van der Waals surface area contributed by atoms with Crippen molar-refractivity contribution >= 4 is 22.0 Å². The molecule has 122 valence electrons. The third kappa shape index (κ3) is 6.09. The van der Waals surface area contributed by atoms with Gasteiger partial charge in [0.2, 0.25) is 15.9 Å². The van der Waals surface area contributed by atoms with E-state index in [1.807, 2.05) is 31.2 Å². The highest BCUT2D eigenvalue weighted by Gasteiger charge is 2.09. The Balaban J connectivity index is 1.81. The van der Waals surface area contributed by atoms with Crippen LogP contribution in [0.15, 0.2) is 52.5 Å². The van der Waals surface area contributed by atoms with Gasteiger partial charge in [0.15, 0.2) is 0 Å². The summed E-state index contributed by atoms with van der Waals surface area (Å²) < 4.78 is 30.9. The molecule has 0 saturated carbocycles. The average Bonchev–Trinajstić information content (AvgIpc) is 3.04. The monoisotopic (exact) mass is 334 g/mol. The van der Waals surface area contributed by atoms with Crippen LogP contribution in [0.1, 0.15) is 16.9 Å². The second-order valence-corrected chi connectivity index (χ2v) is 6.59. The molecule has 1 amide bonds. The number of furan rings is 1. The number of carbonyl (C=O) groups excluding carboxylic acids is 1. The summed E-state index contributed by atoms with van der Waals surface area (Å²) in [5.74, 6) is 0.161. The highest BCUT2D eigenvalue weighted by atomic mass is 32.2. The smallest absolute Gasteiger partial charge is 0.235 e. The van der Waals surface area contributed by atoms with Gasteiger partial charge in [-0.05, 0) is 30.7 Å². The predicted octanol–water partition coefficient (Wildman–Crippen LogP) is 1.79. The Morgan fingerprint density at radius 1 is 1.22 bits per heavy atom. The average molecular weight is 334 g/mol. The zero-order chi connectivity index (χ0) is 16.7. The second kappa shape index (κ2) is 7.75. The maximum atomic E-state index is 11.8. The van der Waals surface area contributed by atoms with Crippen LogP contribution in [-0.4, -0.2) is 20.9 Å². The van der Waals surface area contributed by atoms with Crippen molar-refractivity contribution < 1.29 is 17.6 Å². The molecule has 2 N–H and O–H groups in total. The minimum atomic E-state index is -3.67. The summed E-state index contributed by atoms with van der Waals surface area (Å²) in [5.41, 5.74) is 1.86. The number of rotatable bonds is 7. The van der Waals surface area contributed by atoms with Crippen LogP contribution in [0.4, 0.5) is 0 Å². The highest BCUT2D eigenvalue weighted by Crippen LogP contribution is 2.06. The number of hydrogen-bond donors (Lipinski definition) is 2. The lowest BCUT2D eigenvalue weighted by molar-refractivity contribution is -0.120. The van der Waals surface area contributed by atoms with E-state index in [2.05, 4.69) is 10.0 Å². The fourth-order valence-corrected chi connectivity index (χ4v) is 2.49. The van der Waals surface area contributed by atoms with Crippen LogP contribution in [0.2, 0.25) is 0 Å². The number of carbonyl (C=O) groups is 1. The van der Waals surface area contributed by atoms with Crippen LogP contribution in [0.25, 0.3) is 6.08 Å². The van der Waals surface area contributed by atoms with Crippen molar-refractivity contribution in [3.8, 4) is 0 Å². The van der Waals surface area contributed by atoms with Crippen LogP contribution in [0.5, 0.6) is 0 Å². The maximum absolute atomic E-state index is 11.8. The normalized spacial score (nSPS) is 11.7. The zero-order valence-corrected chi connectivity index (χ0v) is 13.5. The van der Waals surface area contributed by atoms with E-state index in [4.69, 9.17) is 4.42 Å². The van der Waals surface area contributed by atoms with Crippen molar-refractivity contribution in [2.24, 2.45) is 0 Å². The first-order valence-electron chi connectivity index (χ1n) is 6.98. The molecular weight excluding hydrogens is 316 g/mol. The van der Waals surface area contributed by atoms with Crippen LogP contribution in [0, 0.1) is 6.92 Å². The van der Waals surface area contributed by atoms with Crippen molar-refractivity contribution in [2.45, 2.75) is 13.5 Å². The van der Waals surface area contributed by atoms with Crippen LogP contribution < -0.4 is 10.0 Å². The van der Waals surface area contributed by atoms with Crippen LogP contribution >= 0.6 is 0 Å². The lowest BCUT2D eigenvalue weighted by Gasteiger charge is -2.04. The van der Waals surface area contributed by atoms with E-state index >= 15 is 0 Å². The fourth-order valence-electron chi connectivity index (χ4n) is 1.72. The van der Waals surface area contributed by atoms with E-state index in [1.54, 1.807) is 12.1 Å². The van der Waals surface area contributed by atoms with Gasteiger partial charge >= 0.3 is 0 Å². The molecule has 7 heteroatoms. The third-order valence-corrected chi connectivity index (χ3v) is 4.03. The first-order valence-corrected chi connectivity index (χ1v) is 8.53. The van der Waals surface area contributed by atoms with Gasteiger partial charge in [-0.2, -0.15) is 0 Å². The van der Waals surface area contributed by atoms with E-state index in [9.17, 15) is 13.2 Å². The van der Waals surface area contributed by atoms with E-state index in [0.29, 0.717) is 5.76 Å². The first kappa shape index (κ1) is 17.0. The molecule has 0 atom stereocenters. The van der Waals surface area contributed by atoms with Crippen molar-refractivity contribution in [3.05, 3.63) is 65.0 Å². The Kier molecular flexibility index (Phi) is 5.72. The van der Waals surface area contributed by atoms with Crippen molar-refractivity contribution in [3.63, 3.8) is 0 Å². The van der Waals surface area contributed by atoms with Crippen LogP contribution in [-0.2, 0) is 21.4 Å². The van der Waals surface area contributed by atoms with Gasteiger partial charge in [0.05, 0.1) is 19.4 Å². The number of amides is 1. The molecule has 2 aromatic rings. The van der Waals surface area contributed by atoms with E-state index < -0.39 is 15.9 Å². The predicted molar refractivity (Wildman–Crippen MR) is 87.7 cm³/mol. The van der Waals surface area contributed by atoms with Gasteiger partial charge in [-0.3, -0.25) is 4.79 Å². The number of benzene rings is 1. The Hall–Kier alpha value is -2.38. The molecule has 0 bridgehead atoms. The lowest BCUT2D eigenvalue weighted by Crippen LogP contribution is -2.35. The molecule has 0 radical (unpaired) electrons. The summed E-state index contributed by atoms with van der Waals surface area (Å²) in [5, 5.41) is 3.59. The van der Waals surface area contributed by atoms with E-state index in [1.165, 1.54) is 12.3 Å². The van der Waals surface area contributed by atoms with Gasteiger partial charge in [0.1, 0.15) is 5.76 Å². The Morgan fingerprint density at radius 3 is 2.61 bits per heavy atom. The number of hydrogen-bond acceptors (Lipinski definition) is 4. The molecule has 0 spiro atoms. The Labute approximate surface area is 135 Å². The quantitative estimate of drug-likeness (QED) is 0.808. The van der Waals surface area contributed by atoms with Gasteiger partial charge in [-0.1, -0.05) is 29.8 Å². The first-order chi connectivity index (χ1) is 10.9. The second-order valence-electron chi connectivity index (χ2n) is 4.94.